The zero-order valence-electron chi connectivity index (χ0n) is 10.4. The van der Waals surface area contributed by atoms with Crippen molar-refractivity contribution in [2.75, 3.05) is 7.11 Å². The second-order valence-electron chi connectivity index (χ2n) is 4.22. The van der Waals surface area contributed by atoms with Crippen LogP contribution in [0.4, 0.5) is 0 Å². The van der Waals surface area contributed by atoms with Crippen LogP contribution >= 0.6 is 11.3 Å². The molecule has 0 bridgehead atoms. The van der Waals surface area contributed by atoms with Crippen LogP contribution in [0.15, 0.2) is 48.0 Å². The summed E-state index contributed by atoms with van der Waals surface area (Å²) in [5, 5.41) is 13.7. The van der Waals surface area contributed by atoms with Gasteiger partial charge in [0.15, 0.2) is 0 Å². The summed E-state index contributed by atoms with van der Waals surface area (Å²) in [5.74, 6) is 0.547. The fourth-order valence-electron chi connectivity index (χ4n) is 2.09. The Kier molecular flexibility index (Phi) is 3.19. The summed E-state index contributed by atoms with van der Waals surface area (Å²) in [6.07, 6.45) is 0.983. The first kappa shape index (κ1) is 12.1. The molecule has 0 saturated heterocycles. The first-order valence-electron chi connectivity index (χ1n) is 5.93. The van der Waals surface area contributed by atoms with E-state index in [4.69, 9.17) is 4.74 Å². The highest BCUT2D eigenvalue weighted by Crippen LogP contribution is 2.32. The van der Waals surface area contributed by atoms with Crippen molar-refractivity contribution < 1.29 is 9.84 Å². The second kappa shape index (κ2) is 4.99. The Morgan fingerprint density at radius 2 is 2.11 bits per heavy atom. The molecular weight excluding hydrogens is 258 g/mol. The van der Waals surface area contributed by atoms with E-state index in [1.54, 1.807) is 30.7 Å². The molecule has 19 heavy (non-hydrogen) atoms. The summed E-state index contributed by atoms with van der Waals surface area (Å²) < 4.78 is 6.14. The maximum Gasteiger partial charge on any atom is 0.212 e. The van der Waals surface area contributed by atoms with Gasteiger partial charge in [-0.1, -0.05) is 18.2 Å². The molecule has 0 aliphatic heterocycles. The molecule has 2 aromatic heterocycles. The largest absolute Gasteiger partial charge is 0.481 e. The van der Waals surface area contributed by atoms with E-state index >= 15 is 0 Å². The van der Waals surface area contributed by atoms with Crippen LogP contribution in [0.3, 0.4) is 0 Å². The Bertz CT molecular complexity index is 691. The predicted molar refractivity (Wildman–Crippen MR) is 76.7 cm³/mol. The second-order valence-corrected chi connectivity index (χ2v) is 5.14. The summed E-state index contributed by atoms with van der Waals surface area (Å²) in [5.41, 5.74) is 1.68. The minimum absolute atomic E-state index is 0.547. The van der Waals surface area contributed by atoms with Crippen molar-refractivity contribution in [3.05, 3.63) is 59.1 Å². The van der Waals surface area contributed by atoms with E-state index in [-0.39, 0.29) is 0 Å². The van der Waals surface area contributed by atoms with E-state index in [9.17, 15) is 5.11 Å². The molecule has 3 nitrogen and oxygen atoms in total. The van der Waals surface area contributed by atoms with E-state index in [0.29, 0.717) is 5.88 Å². The average Bonchev–Trinajstić information content (AvgIpc) is 2.95. The van der Waals surface area contributed by atoms with Gasteiger partial charge in [0, 0.05) is 28.1 Å². The van der Waals surface area contributed by atoms with Crippen LogP contribution in [0.5, 0.6) is 5.88 Å². The number of hydrogen-bond donors (Lipinski definition) is 1. The van der Waals surface area contributed by atoms with E-state index in [1.807, 2.05) is 29.6 Å². The van der Waals surface area contributed by atoms with Gasteiger partial charge in [0.25, 0.3) is 0 Å². The normalized spacial score (nSPS) is 12.5. The van der Waals surface area contributed by atoms with Gasteiger partial charge >= 0.3 is 0 Å². The molecule has 0 radical (unpaired) electrons. The van der Waals surface area contributed by atoms with Crippen LogP contribution in [0.1, 0.15) is 17.2 Å². The zero-order chi connectivity index (χ0) is 13.2. The number of aromatic nitrogens is 1. The number of thiophene rings is 1. The smallest absolute Gasteiger partial charge is 0.212 e. The van der Waals surface area contributed by atoms with Crippen molar-refractivity contribution in [1.82, 2.24) is 4.98 Å². The first-order chi connectivity index (χ1) is 9.29. The number of methoxy groups -OCH3 is 1. The third-order valence-electron chi connectivity index (χ3n) is 3.09. The molecule has 0 fully saturated rings. The Morgan fingerprint density at radius 1 is 1.21 bits per heavy atom. The highest BCUT2D eigenvalue weighted by Gasteiger charge is 2.14. The molecular formula is C15H13NO2S. The molecule has 1 unspecified atom stereocenters. The summed E-state index contributed by atoms with van der Waals surface area (Å²) in [6.45, 7) is 0. The molecule has 1 aromatic carbocycles. The Balaban J connectivity index is 2.02. The van der Waals surface area contributed by atoms with Gasteiger partial charge in [-0.25, -0.2) is 4.98 Å². The average molecular weight is 271 g/mol. The lowest BCUT2D eigenvalue weighted by atomic mass is 10.0. The van der Waals surface area contributed by atoms with Gasteiger partial charge < -0.3 is 9.84 Å². The molecule has 3 aromatic rings. The van der Waals surface area contributed by atoms with Gasteiger partial charge in [-0.15, -0.1) is 11.3 Å². The number of fused-ring (bicyclic) bond motifs is 1. The lowest BCUT2D eigenvalue weighted by Gasteiger charge is -2.12. The van der Waals surface area contributed by atoms with Gasteiger partial charge in [-0.2, -0.15) is 0 Å². The van der Waals surface area contributed by atoms with Crippen molar-refractivity contribution in [2.24, 2.45) is 0 Å². The molecule has 0 spiro atoms. The van der Waals surface area contributed by atoms with E-state index < -0.39 is 6.10 Å². The summed E-state index contributed by atoms with van der Waals surface area (Å²) >= 11 is 1.64. The predicted octanol–water partition coefficient (Wildman–Crippen LogP) is 3.39. The Morgan fingerprint density at radius 3 is 2.84 bits per heavy atom. The van der Waals surface area contributed by atoms with Gasteiger partial charge in [0.2, 0.25) is 5.88 Å². The minimum Gasteiger partial charge on any atom is -0.481 e. The Hall–Kier alpha value is -1.91. The molecule has 0 aliphatic rings. The van der Waals surface area contributed by atoms with Crippen LogP contribution in [-0.4, -0.2) is 17.2 Å². The summed E-state index contributed by atoms with van der Waals surface area (Å²) in [4.78, 5) is 4.13. The van der Waals surface area contributed by atoms with Gasteiger partial charge in [0.1, 0.15) is 6.10 Å². The number of nitrogens with zero attached hydrogens (tertiary/aromatic N) is 1. The molecule has 3 rings (SSSR count). The number of aliphatic hydroxyl groups is 1. The number of rotatable bonds is 3. The van der Waals surface area contributed by atoms with Crippen LogP contribution in [-0.2, 0) is 0 Å². The highest BCUT2D eigenvalue weighted by atomic mass is 32.1. The standard InChI is InChI=1S/C15H13NO2S/c1-18-13-6-5-11(9-16-13)14(17)12-4-2-3-10-7-8-19-15(10)12/h2-9,14,17H,1H3. The lowest BCUT2D eigenvalue weighted by Crippen LogP contribution is -2.00. The molecule has 0 aliphatic carbocycles. The number of hydrogen-bond acceptors (Lipinski definition) is 4. The third kappa shape index (κ3) is 2.20. The molecule has 0 saturated carbocycles. The fraction of sp³-hybridized carbons (Fsp3) is 0.133. The number of ether oxygens (including phenoxy) is 1. The number of benzene rings is 1. The molecule has 1 atom stereocenters. The van der Waals surface area contributed by atoms with Crippen LogP contribution in [0, 0.1) is 0 Å². The third-order valence-corrected chi connectivity index (χ3v) is 4.07. The number of aliphatic hydroxyl groups excluding tert-OH is 1. The van der Waals surface area contributed by atoms with E-state index in [1.165, 1.54) is 0 Å². The molecule has 4 heteroatoms. The SMILES string of the molecule is COc1ccc(C(O)c2cccc3ccsc23)cn1. The van der Waals surface area contributed by atoms with Crippen molar-refractivity contribution in [3.8, 4) is 5.88 Å². The van der Waals surface area contributed by atoms with Crippen molar-refractivity contribution in [2.45, 2.75) is 6.10 Å². The topological polar surface area (TPSA) is 42.4 Å². The summed E-state index contributed by atoms with van der Waals surface area (Å²) in [6, 6.07) is 11.6. The highest BCUT2D eigenvalue weighted by molar-refractivity contribution is 7.17. The first-order valence-corrected chi connectivity index (χ1v) is 6.81. The van der Waals surface area contributed by atoms with E-state index in [2.05, 4.69) is 11.1 Å². The zero-order valence-corrected chi connectivity index (χ0v) is 11.2. The molecule has 1 N–H and O–H groups in total. The van der Waals surface area contributed by atoms with Crippen molar-refractivity contribution >= 4 is 21.4 Å². The van der Waals surface area contributed by atoms with Gasteiger partial charge in [0.05, 0.1) is 7.11 Å². The lowest BCUT2D eigenvalue weighted by molar-refractivity contribution is 0.221. The molecule has 2 heterocycles. The van der Waals surface area contributed by atoms with Gasteiger partial charge in [-0.05, 0) is 22.9 Å². The van der Waals surface area contributed by atoms with Crippen LogP contribution in [0.2, 0.25) is 0 Å². The monoisotopic (exact) mass is 271 g/mol. The fourth-order valence-corrected chi connectivity index (χ4v) is 3.02. The van der Waals surface area contributed by atoms with Crippen LogP contribution in [0.25, 0.3) is 10.1 Å². The number of pyridine rings is 1. The summed E-state index contributed by atoms with van der Waals surface area (Å²) in [7, 11) is 1.57. The Labute approximate surface area is 115 Å². The van der Waals surface area contributed by atoms with Crippen LogP contribution < -0.4 is 4.74 Å². The molecule has 96 valence electrons. The van der Waals surface area contributed by atoms with Crippen molar-refractivity contribution in [3.63, 3.8) is 0 Å². The maximum atomic E-state index is 10.5. The quantitative estimate of drug-likeness (QED) is 0.794. The van der Waals surface area contributed by atoms with Gasteiger partial charge in [-0.3, -0.25) is 0 Å². The van der Waals surface area contributed by atoms with Crippen molar-refractivity contribution in [1.29, 1.82) is 0 Å². The maximum absolute atomic E-state index is 10.5. The van der Waals surface area contributed by atoms with E-state index in [0.717, 1.165) is 21.2 Å². The molecule has 0 amide bonds. The minimum atomic E-state index is -0.666.